The van der Waals surface area contributed by atoms with Gasteiger partial charge in [0.15, 0.2) is 0 Å². The van der Waals surface area contributed by atoms with E-state index in [1.807, 2.05) is 0 Å². The summed E-state index contributed by atoms with van der Waals surface area (Å²) in [5.74, 6) is -0.892. The van der Waals surface area contributed by atoms with Crippen LogP contribution in [0.2, 0.25) is 0 Å². The normalized spacial score (nSPS) is 15.5. The maximum absolute atomic E-state index is 13.1. The van der Waals surface area contributed by atoms with Gasteiger partial charge < -0.3 is 14.4 Å². The number of carbonyl (C=O) groups excluding carboxylic acids is 4. The van der Waals surface area contributed by atoms with Gasteiger partial charge in [0.2, 0.25) is 5.91 Å². The van der Waals surface area contributed by atoms with Crippen LogP contribution in [0, 0.1) is 0 Å². The molecular formula is C23H22N2O6. The minimum absolute atomic E-state index is 0.105. The summed E-state index contributed by atoms with van der Waals surface area (Å²) in [5, 5.41) is 0. The van der Waals surface area contributed by atoms with Crippen molar-refractivity contribution in [1.82, 2.24) is 4.90 Å². The summed E-state index contributed by atoms with van der Waals surface area (Å²) in [4.78, 5) is 52.3. The van der Waals surface area contributed by atoms with Crippen LogP contribution in [0.25, 0.3) is 0 Å². The number of benzene rings is 2. The van der Waals surface area contributed by atoms with Gasteiger partial charge >= 0.3 is 5.97 Å². The highest BCUT2D eigenvalue weighted by Crippen LogP contribution is 2.28. The summed E-state index contributed by atoms with van der Waals surface area (Å²) in [7, 11) is 1.52. The standard InChI is InChI=1S/C23H22N2O6/c1-4-13-24(22(28)16-5-9-18(30-3)10-6-16)20-14-21(27)25(23(20)29)17-7-11-19(12-8-17)31-15(2)26/h4-12,20H,1,13-14H2,2-3H3. The SMILES string of the molecule is C=CCN(C(=O)c1ccc(OC)cc1)C1CC(=O)N(c2ccc(OC(C)=O)cc2)C1=O. The third-order valence-electron chi connectivity index (χ3n) is 4.78. The lowest BCUT2D eigenvalue weighted by Gasteiger charge is -2.26. The fourth-order valence-corrected chi connectivity index (χ4v) is 3.35. The molecule has 0 radical (unpaired) electrons. The van der Waals surface area contributed by atoms with Gasteiger partial charge in [0.1, 0.15) is 17.5 Å². The summed E-state index contributed by atoms with van der Waals surface area (Å²) < 4.78 is 10.1. The lowest BCUT2D eigenvalue weighted by Crippen LogP contribution is -2.45. The Morgan fingerprint density at radius 2 is 1.71 bits per heavy atom. The van der Waals surface area contributed by atoms with Crippen molar-refractivity contribution >= 4 is 29.4 Å². The molecule has 1 aliphatic rings. The van der Waals surface area contributed by atoms with Crippen LogP contribution >= 0.6 is 0 Å². The summed E-state index contributed by atoms with van der Waals surface area (Å²) >= 11 is 0. The molecule has 8 nitrogen and oxygen atoms in total. The Labute approximate surface area is 179 Å². The van der Waals surface area contributed by atoms with Crippen molar-refractivity contribution < 1.29 is 28.7 Å². The molecule has 160 valence electrons. The van der Waals surface area contributed by atoms with Gasteiger partial charge in [-0.05, 0) is 48.5 Å². The molecule has 0 N–H and O–H groups in total. The Morgan fingerprint density at radius 3 is 2.26 bits per heavy atom. The second-order valence-corrected chi connectivity index (χ2v) is 6.85. The minimum atomic E-state index is -0.951. The van der Waals surface area contributed by atoms with E-state index < -0.39 is 23.8 Å². The van der Waals surface area contributed by atoms with E-state index >= 15 is 0 Å². The number of hydrogen-bond acceptors (Lipinski definition) is 6. The van der Waals surface area contributed by atoms with E-state index in [9.17, 15) is 19.2 Å². The third-order valence-corrected chi connectivity index (χ3v) is 4.78. The van der Waals surface area contributed by atoms with Gasteiger partial charge in [-0.2, -0.15) is 0 Å². The average molecular weight is 422 g/mol. The van der Waals surface area contributed by atoms with E-state index in [2.05, 4.69) is 6.58 Å². The van der Waals surface area contributed by atoms with Crippen LogP contribution in [0.1, 0.15) is 23.7 Å². The Balaban J connectivity index is 1.84. The van der Waals surface area contributed by atoms with Gasteiger partial charge in [-0.3, -0.25) is 19.2 Å². The highest BCUT2D eigenvalue weighted by atomic mass is 16.5. The van der Waals surface area contributed by atoms with Crippen LogP contribution in [-0.2, 0) is 14.4 Å². The van der Waals surface area contributed by atoms with Gasteiger partial charge in [-0.1, -0.05) is 6.08 Å². The summed E-state index contributed by atoms with van der Waals surface area (Å²) in [5.41, 5.74) is 0.705. The van der Waals surface area contributed by atoms with Crippen molar-refractivity contribution in [3.8, 4) is 11.5 Å². The van der Waals surface area contributed by atoms with Crippen molar-refractivity contribution in [1.29, 1.82) is 0 Å². The molecule has 0 aliphatic carbocycles. The number of anilines is 1. The van der Waals surface area contributed by atoms with Crippen molar-refractivity contribution in [2.75, 3.05) is 18.6 Å². The second kappa shape index (κ2) is 9.25. The molecule has 0 aromatic heterocycles. The quantitative estimate of drug-likeness (QED) is 0.295. The molecule has 1 fully saturated rings. The molecule has 31 heavy (non-hydrogen) atoms. The monoisotopic (exact) mass is 422 g/mol. The predicted octanol–water partition coefficient (Wildman–Crippen LogP) is 2.58. The molecule has 1 heterocycles. The largest absolute Gasteiger partial charge is 0.497 e. The first-order valence-electron chi connectivity index (χ1n) is 9.57. The second-order valence-electron chi connectivity index (χ2n) is 6.85. The average Bonchev–Trinajstić information content (AvgIpc) is 3.05. The van der Waals surface area contributed by atoms with E-state index in [4.69, 9.17) is 9.47 Å². The Kier molecular flexibility index (Phi) is 6.49. The highest BCUT2D eigenvalue weighted by molar-refractivity contribution is 6.23. The van der Waals surface area contributed by atoms with Gasteiger partial charge in [-0.15, -0.1) is 6.58 Å². The molecule has 0 bridgehead atoms. The first-order chi connectivity index (χ1) is 14.8. The lowest BCUT2D eigenvalue weighted by atomic mass is 10.1. The zero-order chi connectivity index (χ0) is 22.5. The number of rotatable bonds is 7. The first-order valence-corrected chi connectivity index (χ1v) is 9.57. The molecule has 3 rings (SSSR count). The minimum Gasteiger partial charge on any atom is -0.497 e. The fourth-order valence-electron chi connectivity index (χ4n) is 3.35. The van der Waals surface area contributed by atoms with E-state index in [0.717, 1.165) is 4.90 Å². The molecular weight excluding hydrogens is 400 g/mol. The van der Waals surface area contributed by atoms with E-state index in [0.29, 0.717) is 22.7 Å². The zero-order valence-electron chi connectivity index (χ0n) is 17.2. The number of imide groups is 1. The molecule has 1 atom stereocenters. The Morgan fingerprint density at radius 1 is 1.10 bits per heavy atom. The molecule has 3 amide bonds. The van der Waals surface area contributed by atoms with Gasteiger partial charge in [-0.25, -0.2) is 4.90 Å². The summed E-state index contributed by atoms with van der Waals surface area (Å²) in [6.45, 7) is 5.05. The number of esters is 1. The topological polar surface area (TPSA) is 93.2 Å². The molecule has 2 aromatic rings. The molecule has 1 aliphatic heterocycles. The number of carbonyl (C=O) groups is 4. The van der Waals surface area contributed by atoms with E-state index in [1.54, 1.807) is 24.3 Å². The van der Waals surface area contributed by atoms with Crippen LogP contribution in [-0.4, -0.2) is 48.3 Å². The van der Waals surface area contributed by atoms with Crippen molar-refractivity contribution in [3.05, 3.63) is 66.7 Å². The maximum Gasteiger partial charge on any atom is 0.308 e. The van der Waals surface area contributed by atoms with Crippen molar-refractivity contribution in [2.45, 2.75) is 19.4 Å². The number of nitrogens with zero attached hydrogens (tertiary/aromatic N) is 2. The lowest BCUT2D eigenvalue weighted by molar-refractivity contribution is -0.132. The summed E-state index contributed by atoms with van der Waals surface area (Å²) in [6, 6.07) is 11.6. The number of hydrogen-bond donors (Lipinski definition) is 0. The third kappa shape index (κ3) is 4.63. The van der Waals surface area contributed by atoms with E-state index in [1.165, 1.54) is 49.3 Å². The molecule has 0 saturated carbocycles. The zero-order valence-corrected chi connectivity index (χ0v) is 17.2. The van der Waals surface area contributed by atoms with Crippen molar-refractivity contribution in [2.24, 2.45) is 0 Å². The maximum atomic E-state index is 13.1. The van der Waals surface area contributed by atoms with Gasteiger partial charge in [0.05, 0.1) is 19.2 Å². The fraction of sp³-hybridized carbons (Fsp3) is 0.217. The van der Waals surface area contributed by atoms with Crippen molar-refractivity contribution in [3.63, 3.8) is 0 Å². The molecule has 1 unspecified atom stereocenters. The summed E-state index contributed by atoms with van der Waals surface area (Å²) in [6.07, 6.45) is 1.37. The van der Waals surface area contributed by atoms with Crippen LogP contribution in [0.5, 0.6) is 11.5 Å². The molecule has 1 saturated heterocycles. The number of ether oxygens (including phenoxy) is 2. The molecule has 0 spiro atoms. The van der Waals surface area contributed by atoms with Crippen LogP contribution in [0.15, 0.2) is 61.2 Å². The van der Waals surface area contributed by atoms with Crippen LogP contribution in [0.3, 0.4) is 0 Å². The van der Waals surface area contributed by atoms with E-state index in [-0.39, 0.29) is 18.9 Å². The van der Waals surface area contributed by atoms with Crippen LogP contribution < -0.4 is 14.4 Å². The highest BCUT2D eigenvalue weighted by Gasteiger charge is 2.44. The number of amides is 3. The smallest absolute Gasteiger partial charge is 0.308 e. The molecule has 2 aromatic carbocycles. The van der Waals surface area contributed by atoms with Crippen LogP contribution in [0.4, 0.5) is 5.69 Å². The Bertz CT molecular complexity index is 1010. The predicted molar refractivity (Wildman–Crippen MR) is 113 cm³/mol. The Hall–Kier alpha value is -3.94. The first kappa shape index (κ1) is 21.8. The van der Waals surface area contributed by atoms with Gasteiger partial charge in [0.25, 0.3) is 11.8 Å². The van der Waals surface area contributed by atoms with Gasteiger partial charge in [0, 0.05) is 19.0 Å². The molecule has 8 heteroatoms. The number of methoxy groups -OCH3 is 1.